The molecule has 5 rings (SSSR count). The van der Waals surface area contributed by atoms with Crippen molar-refractivity contribution in [1.29, 1.82) is 0 Å². The van der Waals surface area contributed by atoms with E-state index in [4.69, 9.17) is 10.9 Å². The van der Waals surface area contributed by atoms with Crippen LogP contribution < -0.4 is 16.2 Å². The van der Waals surface area contributed by atoms with E-state index in [9.17, 15) is 18.0 Å². The van der Waals surface area contributed by atoms with Crippen LogP contribution in [-0.2, 0) is 10.0 Å². The average Bonchev–Trinajstić information content (AvgIpc) is 3.29. The molecule has 0 aliphatic heterocycles. The third-order valence-electron chi connectivity index (χ3n) is 6.07. The van der Waals surface area contributed by atoms with Crippen molar-refractivity contribution in [1.82, 2.24) is 9.78 Å². The summed E-state index contributed by atoms with van der Waals surface area (Å²) in [6, 6.07) is 25.7. The van der Waals surface area contributed by atoms with Crippen LogP contribution in [0.2, 0.25) is 0 Å². The molecule has 0 saturated carbocycles. The fraction of sp³-hybridized carbons (Fsp3) is 0.0357. The second-order valence-corrected chi connectivity index (χ2v) is 10.3. The number of hydrogen-bond donors (Lipinski definition) is 3. The SMILES string of the molecule is Cc1cc(C(=O)Nc2ccc(-c3ccccc3S(N)(=O)=O)cc2)n(-c2cc3ccccc3cc2C(N)=O)n1. The van der Waals surface area contributed by atoms with Crippen LogP contribution in [0.5, 0.6) is 0 Å². The van der Waals surface area contributed by atoms with Gasteiger partial charge in [-0.1, -0.05) is 54.6 Å². The molecule has 0 spiro atoms. The Balaban J connectivity index is 1.49. The molecule has 0 bridgehead atoms. The van der Waals surface area contributed by atoms with Crippen LogP contribution in [-0.4, -0.2) is 30.0 Å². The maximum absolute atomic E-state index is 13.3. The van der Waals surface area contributed by atoms with Gasteiger partial charge in [0, 0.05) is 11.3 Å². The second-order valence-electron chi connectivity index (χ2n) is 8.74. The number of benzene rings is 4. The molecule has 0 unspecified atom stereocenters. The molecule has 38 heavy (non-hydrogen) atoms. The number of nitrogens with two attached hydrogens (primary N) is 2. The molecule has 0 saturated heterocycles. The Hall–Kier alpha value is -4.80. The molecule has 0 aliphatic rings. The Kier molecular flexibility index (Phi) is 6.27. The number of aromatic nitrogens is 2. The van der Waals surface area contributed by atoms with Gasteiger partial charge in [0.25, 0.3) is 11.8 Å². The summed E-state index contributed by atoms with van der Waals surface area (Å²) in [7, 11) is -3.91. The lowest BCUT2D eigenvalue weighted by Gasteiger charge is -2.13. The van der Waals surface area contributed by atoms with Crippen LogP contribution in [0.1, 0.15) is 26.5 Å². The second kappa shape index (κ2) is 9.58. The van der Waals surface area contributed by atoms with Crippen LogP contribution in [0, 0.1) is 6.92 Å². The molecular weight excluding hydrogens is 502 g/mol. The molecule has 9 nitrogen and oxygen atoms in total. The molecule has 5 N–H and O–H groups in total. The number of primary sulfonamides is 1. The number of rotatable bonds is 6. The zero-order valence-corrected chi connectivity index (χ0v) is 21.1. The Morgan fingerprint density at radius 2 is 1.50 bits per heavy atom. The zero-order chi connectivity index (χ0) is 27.0. The maximum atomic E-state index is 13.3. The lowest BCUT2D eigenvalue weighted by molar-refractivity contribution is 0.0993. The number of hydrogen-bond acceptors (Lipinski definition) is 5. The first-order valence-corrected chi connectivity index (χ1v) is 13.1. The first kappa shape index (κ1) is 24.9. The van der Waals surface area contributed by atoms with Gasteiger partial charge in [0.05, 0.1) is 21.8 Å². The van der Waals surface area contributed by atoms with Crippen molar-refractivity contribution in [3.05, 3.63) is 108 Å². The van der Waals surface area contributed by atoms with Gasteiger partial charge in [-0.15, -0.1) is 0 Å². The van der Waals surface area contributed by atoms with Gasteiger partial charge < -0.3 is 11.1 Å². The van der Waals surface area contributed by atoms with E-state index >= 15 is 0 Å². The number of amides is 2. The third-order valence-corrected chi connectivity index (χ3v) is 7.04. The molecule has 0 fully saturated rings. The minimum atomic E-state index is -3.91. The van der Waals surface area contributed by atoms with Crippen molar-refractivity contribution in [3.63, 3.8) is 0 Å². The molecule has 1 heterocycles. The molecule has 0 radical (unpaired) electrons. The largest absolute Gasteiger partial charge is 0.366 e. The highest BCUT2D eigenvalue weighted by atomic mass is 32.2. The molecule has 10 heteroatoms. The number of fused-ring (bicyclic) bond motifs is 1. The van der Waals surface area contributed by atoms with E-state index in [1.807, 2.05) is 24.3 Å². The third kappa shape index (κ3) is 4.77. The van der Waals surface area contributed by atoms with Crippen LogP contribution in [0.3, 0.4) is 0 Å². The van der Waals surface area contributed by atoms with Gasteiger partial charge in [0.15, 0.2) is 0 Å². The molecule has 5 aromatic rings. The van der Waals surface area contributed by atoms with E-state index in [0.29, 0.717) is 28.2 Å². The van der Waals surface area contributed by atoms with Crippen LogP contribution in [0.4, 0.5) is 5.69 Å². The van der Waals surface area contributed by atoms with Gasteiger partial charge in [-0.25, -0.2) is 18.2 Å². The highest BCUT2D eigenvalue weighted by molar-refractivity contribution is 7.89. The Bertz CT molecular complexity index is 1830. The first-order valence-electron chi connectivity index (χ1n) is 11.5. The average molecular weight is 526 g/mol. The lowest BCUT2D eigenvalue weighted by atomic mass is 10.0. The lowest BCUT2D eigenvalue weighted by Crippen LogP contribution is -2.20. The standard InChI is InChI=1S/C28H23N5O4S/c1-17-14-25(33(32-17)24-16-20-7-3-2-6-19(20)15-23(24)27(29)34)28(35)31-21-12-10-18(11-13-21)22-8-4-5-9-26(22)38(30,36)37/h2-16H,1H3,(H2,29,34)(H,31,35)(H2,30,36,37). The molecule has 0 aliphatic carbocycles. The number of nitrogens with one attached hydrogen (secondary N) is 1. The van der Waals surface area contributed by atoms with Crippen LogP contribution in [0.15, 0.2) is 95.9 Å². The monoisotopic (exact) mass is 525 g/mol. The number of anilines is 1. The van der Waals surface area contributed by atoms with Gasteiger partial charge in [-0.3, -0.25) is 9.59 Å². The van der Waals surface area contributed by atoms with E-state index in [1.165, 1.54) is 10.7 Å². The maximum Gasteiger partial charge on any atom is 0.274 e. The smallest absolute Gasteiger partial charge is 0.274 e. The topological polar surface area (TPSA) is 150 Å². The Morgan fingerprint density at radius 1 is 0.868 bits per heavy atom. The minimum Gasteiger partial charge on any atom is -0.366 e. The van der Waals surface area contributed by atoms with Gasteiger partial charge in [0.1, 0.15) is 5.69 Å². The van der Waals surface area contributed by atoms with Crippen molar-refractivity contribution < 1.29 is 18.0 Å². The zero-order valence-electron chi connectivity index (χ0n) is 20.3. The minimum absolute atomic E-state index is 0.0109. The summed E-state index contributed by atoms with van der Waals surface area (Å²) in [5.41, 5.74) is 8.64. The Labute approximate surface area is 218 Å². The predicted octanol–water partition coefficient (Wildman–Crippen LogP) is 4.00. The molecular formula is C28H23N5O4S. The predicted molar refractivity (Wildman–Crippen MR) is 146 cm³/mol. The van der Waals surface area contributed by atoms with Gasteiger partial charge in [0.2, 0.25) is 10.0 Å². The van der Waals surface area contributed by atoms with Crippen molar-refractivity contribution in [2.24, 2.45) is 10.9 Å². The van der Waals surface area contributed by atoms with Crippen molar-refractivity contribution in [3.8, 4) is 16.8 Å². The van der Waals surface area contributed by atoms with Crippen molar-refractivity contribution >= 4 is 38.3 Å². The molecule has 190 valence electrons. The number of sulfonamides is 1. The summed E-state index contributed by atoms with van der Waals surface area (Å²) in [5.74, 6) is -1.09. The van der Waals surface area contributed by atoms with Crippen LogP contribution >= 0.6 is 0 Å². The first-order chi connectivity index (χ1) is 18.1. The summed E-state index contributed by atoms with van der Waals surface area (Å²) >= 11 is 0. The van der Waals surface area contributed by atoms with Crippen molar-refractivity contribution in [2.75, 3.05) is 5.32 Å². The fourth-order valence-corrected chi connectivity index (χ4v) is 5.09. The van der Waals surface area contributed by atoms with E-state index in [0.717, 1.165) is 10.8 Å². The number of primary amides is 1. The van der Waals surface area contributed by atoms with Gasteiger partial charge in [-0.05, 0) is 59.7 Å². The van der Waals surface area contributed by atoms with E-state index in [1.54, 1.807) is 67.6 Å². The fourth-order valence-electron chi connectivity index (χ4n) is 4.33. The van der Waals surface area contributed by atoms with Gasteiger partial charge in [-0.2, -0.15) is 5.10 Å². The molecule has 2 amide bonds. The number of carbonyl (C=O) groups excluding carboxylic acids is 2. The highest BCUT2D eigenvalue weighted by Crippen LogP contribution is 2.28. The summed E-state index contributed by atoms with van der Waals surface area (Å²) in [4.78, 5) is 25.6. The Morgan fingerprint density at radius 3 is 2.16 bits per heavy atom. The quantitative estimate of drug-likeness (QED) is 0.306. The molecule has 4 aromatic carbocycles. The van der Waals surface area contributed by atoms with E-state index in [2.05, 4.69) is 10.4 Å². The van der Waals surface area contributed by atoms with E-state index in [-0.39, 0.29) is 16.2 Å². The summed E-state index contributed by atoms with van der Waals surface area (Å²) in [6.45, 7) is 1.75. The number of aryl methyl sites for hydroxylation is 1. The number of carbonyl (C=O) groups is 2. The summed E-state index contributed by atoms with van der Waals surface area (Å²) in [5, 5.41) is 14.3. The summed E-state index contributed by atoms with van der Waals surface area (Å²) in [6.07, 6.45) is 0. The summed E-state index contributed by atoms with van der Waals surface area (Å²) < 4.78 is 25.3. The normalized spacial score (nSPS) is 11.4. The van der Waals surface area contributed by atoms with Crippen molar-refractivity contribution in [2.45, 2.75) is 11.8 Å². The molecule has 0 atom stereocenters. The van der Waals surface area contributed by atoms with E-state index < -0.39 is 21.8 Å². The number of nitrogens with zero attached hydrogens (tertiary/aromatic N) is 2. The molecule has 1 aromatic heterocycles. The van der Waals surface area contributed by atoms with Gasteiger partial charge >= 0.3 is 0 Å². The van der Waals surface area contributed by atoms with Crippen LogP contribution in [0.25, 0.3) is 27.6 Å². The highest BCUT2D eigenvalue weighted by Gasteiger charge is 2.21.